The van der Waals surface area contributed by atoms with E-state index in [-0.39, 0.29) is 35.1 Å². The average Bonchev–Trinajstić information content (AvgIpc) is 3.12. The number of hydrogen-bond donors (Lipinski definition) is 2. The molecule has 3 amide bonds. The van der Waals surface area contributed by atoms with Crippen molar-refractivity contribution < 1.29 is 14.4 Å². The normalized spacial score (nSPS) is 16.7. The van der Waals surface area contributed by atoms with Crippen molar-refractivity contribution in [2.75, 3.05) is 13.1 Å². The quantitative estimate of drug-likeness (QED) is 0.761. The molecular formula is C21H33N3O3S. The number of rotatable bonds is 6. The predicted octanol–water partition coefficient (Wildman–Crippen LogP) is 3.05. The van der Waals surface area contributed by atoms with E-state index in [1.807, 2.05) is 30.2 Å². The first kappa shape index (κ1) is 22.4. The number of amides is 3. The monoisotopic (exact) mass is 407 g/mol. The molecule has 1 aromatic rings. The lowest BCUT2D eigenvalue weighted by Gasteiger charge is -2.37. The molecule has 0 saturated carbocycles. The van der Waals surface area contributed by atoms with E-state index in [1.165, 1.54) is 11.3 Å². The number of likely N-dealkylation sites (tertiary alicyclic amines) is 1. The van der Waals surface area contributed by atoms with Crippen molar-refractivity contribution in [1.82, 2.24) is 15.5 Å². The molecule has 2 rings (SSSR count). The van der Waals surface area contributed by atoms with E-state index in [9.17, 15) is 14.4 Å². The lowest BCUT2D eigenvalue weighted by molar-refractivity contribution is -0.134. The van der Waals surface area contributed by atoms with Crippen molar-refractivity contribution >= 4 is 29.1 Å². The minimum Gasteiger partial charge on any atom is -0.352 e. The molecule has 0 bridgehead atoms. The largest absolute Gasteiger partial charge is 0.352 e. The summed E-state index contributed by atoms with van der Waals surface area (Å²) < 4.78 is 0. The SMILES string of the molecule is CC(C)NC(=O)[C@H](NC(=O)c1cccs1)C1CCN(C(=O)CC(C)(C)C)CC1. The summed E-state index contributed by atoms with van der Waals surface area (Å²) in [5, 5.41) is 7.70. The highest BCUT2D eigenvalue weighted by Gasteiger charge is 2.34. The fourth-order valence-corrected chi connectivity index (χ4v) is 4.07. The fraction of sp³-hybridized carbons (Fsp3) is 0.667. The van der Waals surface area contributed by atoms with Gasteiger partial charge in [-0.25, -0.2) is 0 Å². The molecule has 0 spiro atoms. The van der Waals surface area contributed by atoms with E-state index >= 15 is 0 Å². The van der Waals surface area contributed by atoms with Gasteiger partial charge in [0.2, 0.25) is 11.8 Å². The molecule has 156 valence electrons. The highest BCUT2D eigenvalue weighted by molar-refractivity contribution is 7.12. The van der Waals surface area contributed by atoms with Crippen LogP contribution in [0.2, 0.25) is 0 Å². The van der Waals surface area contributed by atoms with Crippen LogP contribution in [0, 0.1) is 11.3 Å². The summed E-state index contributed by atoms with van der Waals surface area (Å²) in [7, 11) is 0. The van der Waals surface area contributed by atoms with Gasteiger partial charge in [0, 0.05) is 25.6 Å². The molecule has 0 radical (unpaired) electrons. The number of nitrogens with one attached hydrogen (secondary N) is 2. The molecule has 7 heteroatoms. The summed E-state index contributed by atoms with van der Waals surface area (Å²) in [5.74, 6) is -0.192. The summed E-state index contributed by atoms with van der Waals surface area (Å²) in [6.07, 6.45) is 1.93. The minimum absolute atomic E-state index is 0.00194. The Labute approximate surface area is 172 Å². The van der Waals surface area contributed by atoms with Crippen molar-refractivity contribution in [3.05, 3.63) is 22.4 Å². The molecule has 1 aromatic heterocycles. The van der Waals surface area contributed by atoms with Crippen molar-refractivity contribution in [1.29, 1.82) is 0 Å². The summed E-state index contributed by atoms with van der Waals surface area (Å²) in [4.78, 5) is 40.3. The maximum atomic E-state index is 12.8. The van der Waals surface area contributed by atoms with Gasteiger partial charge in [-0.05, 0) is 49.5 Å². The third-order valence-electron chi connectivity index (χ3n) is 4.79. The Bertz CT molecular complexity index is 672. The van der Waals surface area contributed by atoms with Crippen LogP contribution in [-0.2, 0) is 9.59 Å². The topological polar surface area (TPSA) is 78.5 Å². The van der Waals surface area contributed by atoms with E-state index in [4.69, 9.17) is 0 Å². The molecule has 1 fully saturated rings. The van der Waals surface area contributed by atoms with Gasteiger partial charge in [0.05, 0.1) is 4.88 Å². The number of carbonyl (C=O) groups excluding carboxylic acids is 3. The van der Waals surface area contributed by atoms with E-state index in [0.29, 0.717) is 37.2 Å². The van der Waals surface area contributed by atoms with Crippen molar-refractivity contribution in [2.45, 2.75) is 66.0 Å². The summed E-state index contributed by atoms with van der Waals surface area (Å²) in [6, 6.07) is 2.99. The Balaban J connectivity index is 2.02. The third-order valence-corrected chi connectivity index (χ3v) is 5.66. The molecule has 2 heterocycles. The first-order chi connectivity index (χ1) is 13.1. The highest BCUT2D eigenvalue weighted by atomic mass is 32.1. The van der Waals surface area contributed by atoms with E-state index < -0.39 is 6.04 Å². The molecule has 1 saturated heterocycles. The van der Waals surface area contributed by atoms with Gasteiger partial charge in [-0.3, -0.25) is 14.4 Å². The zero-order valence-electron chi connectivity index (χ0n) is 17.6. The molecule has 6 nitrogen and oxygen atoms in total. The zero-order valence-corrected chi connectivity index (χ0v) is 18.4. The smallest absolute Gasteiger partial charge is 0.262 e. The van der Waals surface area contributed by atoms with Gasteiger partial charge in [-0.2, -0.15) is 0 Å². The van der Waals surface area contributed by atoms with Crippen molar-refractivity contribution in [2.24, 2.45) is 11.3 Å². The van der Waals surface area contributed by atoms with Crippen LogP contribution in [0.4, 0.5) is 0 Å². The van der Waals surface area contributed by atoms with E-state index in [0.717, 1.165) is 0 Å². The Kier molecular flexibility index (Phi) is 7.63. The maximum Gasteiger partial charge on any atom is 0.262 e. The van der Waals surface area contributed by atoms with Crippen molar-refractivity contribution in [3.8, 4) is 0 Å². The fourth-order valence-electron chi connectivity index (χ4n) is 3.44. The molecule has 0 unspecified atom stereocenters. The van der Waals surface area contributed by atoms with Gasteiger partial charge in [0.15, 0.2) is 0 Å². The van der Waals surface area contributed by atoms with Crippen LogP contribution >= 0.6 is 11.3 Å². The predicted molar refractivity (Wildman–Crippen MR) is 112 cm³/mol. The molecule has 1 aliphatic heterocycles. The maximum absolute atomic E-state index is 12.8. The van der Waals surface area contributed by atoms with E-state index in [1.54, 1.807) is 6.07 Å². The first-order valence-electron chi connectivity index (χ1n) is 9.99. The number of piperidine rings is 1. The third kappa shape index (κ3) is 6.62. The lowest BCUT2D eigenvalue weighted by atomic mass is 9.87. The Hall–Kier alpha value is -1.89. The first-order valence-corrected chi connectivity index (χ1v) is 10.9. The lowest BCUT2D eigenvalue weighted by Crippen LogP contribution is -2.54. The van der Waals surface area contributed by atoms with Crippen LogP contribution in [0.3, 0.4) is 0 Å². The van der Waals surface area contributed by atoms with Gasteiger partial charge < -0.3 is 15.5 Å². The van der Waals surface area contributed by atoms with Crippen molar-refractivity contribution in [3.63, 3.8) is 0 Å². The second-order valence-corrected chi connectivity index (χ2v) is 10.00. The molecule has 28 heavy (non-hydrogen) atoms. The number of carbonyl (C=O) groups is 3. The van der Waals surface area contributed by atoms with Gasteiger partial charge in [0.1, 0.15) is 6.04 Å². The molecule has 0 aromatic carbocycles. The summed E-state index contributed by atoms with van der Waals surface area (Å²) >= 11 is 1.36. The van der Waals surface area contributed by atoms with Crippen LogP contribution < -0.4 is 10.6 Å². The standard InChI is InChI=1S/C21H33N3O3S/c1-14(2)22-20(27)18(23-19(26)16-7-6-12-28-16)15-8-10-24(11-9-15)17(25)13-21(3,4)5/h6-7,12,14-15,18H,8-11,13H2,1-5H3,(H,22,27)(H,23,26)/t18-/m1/s1. The Morgan fingerprint density at radius 1 is 1.18 bits per heavy atom. The molecule has 2 N–H and O–H groups in total. The highest BCUT2D eigenvalue weighted by Crippen LogP contribution is 2.25. The number of nitrogens with zero attached hydrogens (tertiary/aromatic N) is 1. The van der Waals surface area contributed by atoms with Crippen LogP contribution in [0.1, 0.15) is 63.6 Å². The van der Waals surface area contributed by atoms with Gasteiger partial charge in [-0.15, -0.1) is 11.3 Å². The van der Waals surface area contributed by atoms with Crippen LogP contribution in [0.25, 0.3) is 0 Å². The van der Waals surface area contributed by atoms with E-state index in [2.05, 4.69) is 31.4 Å². The summed E-state index contributed by atoms with van der Waals surface area (Å²) in [5.41, 5.74) is -0.0394. The van der Waals surface area contributed by atoms with Crippen LogP contribution in [-0.4, -0.2) is 47.8 Å². The van der Waals surface area contributed by atoms with Gasteiger partial charge >= 0.3 is 0 Å². The molecule has 1 atom stereocenters. The van der Waals surface area contributed by atoms with Gasteiger partial charge in [-0.1, -0.05) is 26.8 Å². The van der Waals surface area contributed by atoms with Crippen LogP contribution in [0.5, 0.6) is 0 Å². The average molecular weight is 408 g/mol. The zero-order chi connectivity index (χ0) is 20.9. The number of thiophene rings is 1. The van der Waals surface area contributed by atoms with Crippen LogP contribution in [0.15, 0.2) is 17.5 Å². The molecular weight excluding hydrogens is 374 g/mol. The minimum atomic E-state index is -0.586. The Morgan fingerprint density at radius 2 is 1.82 bits per heavy atom. The second kappa shape index (κ2) is 9.54. The number of hydrogen-bond acceptors (Lipinski definition) is 4. The Morgan fingerprint density at radius 3 is 2.32 bits per heavy atom. The van der Waals surface area contributed by atoms with Gasteiger partial charge in [0.25, 0.3) is 5.91 Å². The molecule has 1 aliphatic rings. The molecule has 0 aliphatic carbocycles. The summed E-state index contributed by atoms with van der Waals surface area (Å²) in [6.45, 7) is 11.2. The second-order valence-electron chi connectivity index (χ2n) is 9.05.